The molecule has 0 bridgehead atoms. The lowest BCUT2D eigenvalue weighted by Gasteiger charge is -2.18. The summed E-state index contributed by atoms with van der Waals surface area (Å²) < 4.78 is 14.3. The Morgan fingerprint density at radius 1 is 1.29 bits per heavy atom. The fraction of sp³-hybridized carbons (Fsp3) is 0.438. The Kier molecular flexibility index (Phi) is 4.08. The molecule has 0 aromatic carbocycles. The van der Waals surface area contributed by atoms with Crippen LogP contribution in [0.3, 0.4) is 0 Å². The first-order chi connectivity index (χ1) is 10.3. The van der Waals surface area contributed by atoms with Crippen molar-refractivity contribution >= 4 is 5.82 Å². The van der Waals surface area contributed by atoms with Gasteiger partial charge in [0.2, 0.25) is 0 Å². The largest absolute Gasteiger partial charge is 0.354 e. The van der Waals surface area contributed by atoms with E-state index < -0.39 is 0 Å². The van der Waals surface area contributed by atoms with Crippen molar-refractivity contribution in [2.45, 2.75) is 26.2 Å². The first-order valence-electron chi connectivity index (χ1n) is 7.41. The molecule has 110 valence electrons. The zero-order valence-electron chi connectivity index (χ0n) is 12.2. The summed E-state index contributed by atoms with van der Waals surface area (Å²) in [6.07, 6.45) is 7.77. The van der Waals surface area contributed by atoms with E-state index in [9.17, 15) is 4.39 Å². The number of aryl methyl sites for hydroxylation is 1. The highest BCUT2D eigenvalue weighted by molar-refractivity contribution is 5.42. The molecule has 0 amide bonds. The number of halogens is 1. The van der Waals surface area contributed by atoms with E-state index in [0.717, 1.165) is 25.9 Å². The maximum absolute atomic E-state index is 14.3. The fourth-order valence-corrected chi connectivity index (χ4v) is 2.91. The smallest absolute Gasteiger partial charge is 0.187 e. The predicted octanol–water partition coefficient (Wildman–Crippen LogP) is 2.64. The molecular weight excluding hydrogens is 267 g/mol. The molecule has 5 heteroatoms. The lowest BCUT2D eigenvalue weighted by Crippen LogP contribution is -2.23. The van der Waals surface area contributed by atoms with Crippen molar-refractivity contribution in [1.82, 2.24) is 15.0 Å². The molecule has 0 aliphatic carbocycles. The van der Waals surface area contributed by atoms with E-state index in [2.05, 4.69) is 15.0 Å². The van der Waals surface area contributed by atoms with Crippen LogP contribution in [0.5, 0.6) is 0 Å². The van der Waals surface area contributed by atoms with Crippen molar-refractivity contribution in [3.63, 3.8) is 0 Å². The van der Waals surface area contributed by atoms with Gasteiger partial charge in [-0.1, -0.05) is 6.92 Å². The van der Waals surface area contributed by atoms with E-state index in [0.29, 0.717) is 23.9 Å². The normalized spacial score (nSPS) is 18.2. The number of aromatic nitrogens is 3. The van der Waals surface area contributed by atoms with Crippen LogP contribution in [0.2, 0.25) is 0 Å². The summed E-state index contributed by atoms with van der Waals surface area (Å²) in [4.78, 5) is 14.2. The van der Waals surface area contributed by atoms with Crippen LogP contribution in [0.25, 0.3) is 0 Å². The van der Waals surface area contributed by atoms with Gasteiger partial charge in [0, 0.05) is 25.5 Å². The molecule has 0 spiro atoms. The number of hydrogen-bond acceptors (Lipinski definition) is 4. The summed E-state index contributed by atoms with van der Waals surface area (Å²) in [5.41, 5.74) is 1.78. The van der Waals surface area contributed by atoms with Crippen LogP contribution in [-0.2, 0) is 12.8 Å². The van der Waals surface area contributed by atoms with Crippen LogP contribution in [-0.4, -0.2) is 28.0 Å². The van der Waals surface area contributed by atoms with Crippen molar-refractivity contribution in [2.24, 2.45) is 5.92 Å². The van der Waals surface area contributed by atoms with Crippen LogP contribution in [0.4, 0.5) is 10.2 Å². The molecule has 3 rings (SSSR count). The van der Waals surface area contributed by atoms with Crippen LogP contribution in [0.1, 0.15) is 24.6 Å². The summed E-state index contributed by atoms with van der Waals surface area (Å²) in [5, 5.41) is 0. The number of nitrogens with zero attached hydrogens (tertiary/aromatic N) is 4. The monoisotopic (exact) mass is 286 g/mol. The van der Waals surface area contributed by atoms with E-state index in [4.69, 9.17) is 0 Å². The highest BCUT2D eigenvalue weighted by atomic mass is 19.1. The summed E-state index contributed by atoms with van der Waals surface area (Å²) in [6, 6.07) is 4.09. The Morgan fingerprint density at radius 2 is 2.10 bits per heavy atom. The topological polar surface area (TPSA) is 41.9 Å². The number of rotatable bonds is 4. The second-order valence-corrected chi connectivity index (χ2v) is 5.47. The average molecular weight is 286 g/mol. The van der Waals surface area contributed by atoms with Gasteiger partial charge in [0.25, 0.3) is 0 Å². The Labute approximate surface area is 124 Å². The molecule has 21 heavy (non-hydrogen) atoms. The molecule has 1 saturated heterocycles. The molecule has 1 fully saturated rings. The predicted molar refractivity (Wildman–Crippen MR) is 79.6 cm³/mol. The lowest BCUT2D eigenvalue weighted by molar-refractivity contribution is 0.574. The molecule has 0 saturated carbocycles. The molecule has 3 heterocycles. The van der Waals surface area contributed by atoms with Crippen LogP contribution < -0.4 is 4.90 Å². The van der Waals surface area contributed by atoms with Gasteiger partial charge in [-0.05, 0) is 42.9 Å². The SMILES string of the molecule is CCc1ncnc(N2CCC(Cc3ccncc3)C2)c1F. The maximum atomic E-state index is 14.3. The van der Waals surface area contributed by atoms with Gasteiger partial charge < -0.3 is 4.90 Å². The van der Waals surface area contributed by atoms with Gasteiger partial charge in [0.15, 0.2) is 11.6 Å². The van der Waals surface area contributed by atoms with Gasteiger partial charge >= 0.3 is 0 Å². The third kappa shape index (κ3) is 3.01. The molecular formula is C16H19FN4. The molecule has 1 atom stereocenters. The zero-order chi connectivity index (χ0) is 14.7. The van der Waals surface area contributed by atoms with Gasteiger partial charge in [-0.2, -0.15) is 0 Å². The van der Waals surface area contributed by atoms with Crippen molar-refractivity contribution in [2.75, 3.05) is 18.0 Å². The summed E-state index contributed by atoms with van der Waals surface area (Å²) in [7, 11) is 0. The van der Waals surface area contributed by atoms with Crippen molar-refractivity contribution in [1.29, 1.82) is 0 Å². The Morgan fingerprint density at radius 3 is 2.86 bits per heavy atom. The van der Waals surface area contributed by atoms with Gasteiger partial charge in [-0.3, -0.25) is 4.98 Å². The molecule has 2 aromatic heterocycles. The lowest BCUT2D eigenvalue weighted by atomic mass is 10.00. The molecule has 1 aliphatic rings. The Hall–Kier alpha value is -2.04. The summed E-state index contributed by atoms with van der Waals surface area (Å²) >= 11 is 0. The van der Waals surface area contributed by atoms with Crippen LogP contribution in [0.15, 0.2) is 30.9 Å². The third-order valence-electron chi connectivity index (χ3n) is 4.04. The minimum Gasteiger partial charge on any atom is -0.354 e. The van der Waals surface area contributed by atoms with Crippen LogP contribution >= 0.6 is 0 Å². The maximum Gasteiger partial charge on any atom is 0.187 e. The minimum atomic E-state index is -0.260. The van der Waals surface area contributed by atoms with Crippen LogP contribution in [0, 0.1) is 11.7 Å². The quantitative estimate of drug-likeness (QED) is 0.866. The second-order valence-electron chi connectivity index (χ2n) is 5.47. The number of pyridine rings is 1. The highest BCUT2D eigenvalue weighted by Gasteiger charge is 2.26. The molecule has 4 nitrogen and oxygen atoms in total. The molecule has 2 aromatic rings. The first-order valence-corrected chi connectivity index (χ1v) is 7.41. The van der Waals surface area contributed by atoms with Gasteiger partial charge in [-0.15, -0.1) is 0 Å². The van der Waals surface area contributed by atoms with E-state index in [1.54, 1.807) is 0 Å². The Balaban J connectivity index is 1.70. The van der Waals surface area contributed by atoms with Gasteiger partial charge in [-0.25, -0.2) is 14.4 Å². The van der Waals surface area contributed by atoms with Crippen molar-refractivity contribution in [3.05, 3.63) is 47.9 Å². The standard InChI is InChI=1S/C16H19FN4/c1-2-14-15(17)16(20-11-19-14)21-8-5-13(10-21)9-12-3-6-18-7-4-12/h3-4,6-7,11,13H,2,5,8-10H2,1H3. The van der Waals surface area contributed by atoms with Gasteiger partial charge in [0.1, 0.15) is 6.33 Å². The minimum absolute atomic E-state index is 0.260. The number of hydrogen-bond donors (Lipinski definition) is 0. The Bertz CT molecular complexity index is 602. The van der Waals surface area contributed by atoms with E-state index in [1.807, 2.05) is 36.4 Å². The van der Waals surface area contributed by atoms with E-state index >= 15 is 0 Å². The van der Waals surface area contributed by atoms with Gasteiger partial charge in [0.05, 0.1) is 5.69 Å². The van der Waals surface area contributed by atoms with E-state index in [1.165, 1.54) is 11.9 Å². The molecule has 1 unspecified atom stereocenters. The zero-order valence-corrected chi connectivity index (χ0v) is 12.2. The number of anilines is 1. The molecule has 0 N–H and O–H groups in total. The fourth-order valence-electron chi connectivity index (χ4n) is 2.91. The van der Waals surface area contributed by atoms with Crippen molar-refractivity contribution in [3.8, 4) is 0 Å². The molecule has 1 aliphatic heterocycles. The average Bonchev–Trinajstić information content (AvgIpc) is 2.97. The first kappa shape index (κ1) is 13.9. The second kappa shape index (κ2) is 6.16. The third-order valence-corrected chi connectivity index (χ3v) is 4.04. The van der Waals surface area contributed by atoms with E-state index in [-0.39, 0.29) is 5.82 Å². The molecule has 0 radical (unpaired) electrons. The van der Waals surface area contributed by atoms with Crippen molar-refractivity contribution < 1.29 is 4.39 Å². The highest BCUT2D eigenvalue weighted by Crippen LogP contribution is 2.27. The summed E-state index contributed by atoms with van der Waals surface area (Å²) in [5.74, 6) is 0.732. The summed E-state index contributed by atoms with van der Waals surface area (Å²) in [6.45, 7) is 3.61.